The average Bonchev–Trinajstić information content (AvgIpc) is 2.70. The van der Waals surface area contributed by atoms with Gasteiger partial charge >= 0.3 is 0 Å². The summed E-state index contributed by atoms with van der Waals surface area (Å²) >= 11 is 0. The molecule has 0 saturated heterocycles. The third kappa shape index (κ3) is 1.74. The summed E-state index contributed by atoms with van der Waals surface area (Å²) in [7, 11) is 1.56. The molecule has 0 aliphatic heterocycles. The summed E-state index contributed by atoms with van der Waals surface area (Å²) < 4.78 is 6.90. The van der Waals surface area contributed by atoms with Gasteiger partial charge in [0.05, 0.1) is 13.3 Å². The van der Waals surface area contributed by atoms with Crippen molar-refractivity contribution in [3.8, 4) is 5.75 Å². The first-order valence-electron chi connectivity index (χ1n) is 6.03. The third-order valence-corrected chi connectivity index (χ3v) is 3.72. The van der Waals surface area contributed by atoms with Crippen LogP contribution in [0.3, 0.4) is 0 Å². The van der Waals surface area contributed by atoms with E-state index in [4.69, 9.17) is 10.5 Å². The van der Waals surface area contributed by atoms with Crippen LogP contribution in [-0.4, -0.2) is 29.2 Å². The third-order valence-electron chi connectivity index (χ3n) is 3.72. The number of carbonyl (C=O) groups is 1. The van der Waals surface area contributed by atoms with Crippen molar-refractivity contribution in [3.63, 3.8) is 0 Å². The van der Waals surface area contributed by atoms with Gasteiger partial charge in [-0.1, -0.05) is 6.42 Å². The van der Waals surface area contributed by atoms with E-state index in [2.05, 4.69) is 5.10 Å². The van der Waals surface area contributed by atoms with E-state index in [9.17, 15) is 4.79 Å². The van der Waals surface area contributed by atoms with E-state index in [-0.39, 0.29) is 11.2 Å². The Bertz CT molecular complexity index is 394. The Kier molecular flexibility index (Phi) is 3.19. The Morgan fingerprint density at radius 2 is 2.35 bits per heavy atom. The number of ketones is 1. The number of aromatic nitrogens is 2. The Balaban J connectivity index is 2.38. The van der Waals surface area contributed by atoms with Crippen molar-refractivity contribution in [2.24, 2.45) is 11.1 Å². The molecule has 0 amide bonds. The second kappa shape index (κ2) is 4.49. The van der Waals surface area contributed by atoms with E-state index in [0.29, 0.717) is 24.5 Å². The van der Waals surface area contributed by atoms with Gasteiger partial charge in [0.1, 0.15) is 5.69 Å². The van der Waals surface area contributed by atoms with Crippen LogP contribution >= 0.6 is 0 Å². The summed E-state index contributed by atoms with van der Waals surface area (Å²) in [6, 6.07) is 0. The van der Waals surface area contributed by atoms with E-state index in [1.54, 1.807) is 18.0 Å². The highest BCUT2D eigenvalue weighted by molar-refractivity contribution is 6.02. The first kappa shape index (κ1) is 12.1. The number of hydrogen-bond acceptors (Lipinski definition) is 4. The van der Waals surface area contributed by atoms with Crippen LogP contribution < -0.4 is 10.5 Å². The molecule has 2 N–H and O–H groups in total. The van der Waals surface area contributed by atoms with E-state index in [1.165, 1.54) is 0 Å². The zero-order chi connectivity index (χ0) is 12.5. The lowest BCUT2D eigenvalue weighted by atomic mass is 9.65. The predicted molar refractivity (Wildman–Crippen MR) is 64.1 cm³/mol. The lowest BCUT2D eigenvalue weighted by molar-refractivity contribution is 0.0620. The maximum absolute atomic E-state index is 12.6. The molecule has 0 aromatic carbocycles. The monoisotopic (exact) mass is 237 g/mol. The van der Waals surface area contributed by atoms with Crippen molar-refractivity contribution < 1.29 is 9.53 Å². The maximum Gasteiger partial charge on any atom is 0.192 e. The van der Waals surface area contributed by atoms with Gasteiger partial charge in [-0.15, -0.1) is 0 Å². The Labute approximate surface area is 101 Å². The summed E-state index contributed by atoms with van der Waals surface area (Å²) in [5.41, 5.74) is 5.96. The predicted octanol–water partition coefficient (Wildman–Crippen LogP) is 1.22. The van der Waals surface area contributed by atoms with Gasteiger partial charge in [-0.25, -0.2) is 0 Å². The maximum atomic E-state index is 12.6. The molecular formula is C12H19N3O2. The molecule has 1 saturated carbocycles. The number of methoxy groups -OCH3 is 1. The van der Waals surface area contributed by atoms with Crippen LogP contribution in [0.25, 0.3) is 0 Å². The molecular weight excluding hydrogens is 218 g/mol. The zero-order valence-corrected chi connectivity index (χ0v) is 10.4. The van der Waals surface area contributed by atoms with Crippen molar-refractivity contribution >= 4 is 5.78 Å². The molecule has 0 atom stereocenters. The molecule has 0 radical (unpaired) electrons. The molecule has 17 heavy (non-hydrogen) atoms. The number of nitrogens with zero attached hydrogens (tertiary/aromatic N) is 2. The van der Waals surface area contributed by atoms with Crippen LogP contribution in [0.1, 0.15) is 36.7 Å². The normalized spacial score (nSPS) is 17.6. The van der Waals surface area contributed by atoms with Gasteiger partial charge in [0.15, 0.2) is 11.5 Å². The molecule has 94 valence electrons. The number of nitrogens with two attached hydrogens (primary N) is 1. The van der Waals surface area contributed by atoms with E-state index < -0.39 is 0 Å². The lowest BCUT2D eigenvalue weighted by Crippen LogP contribution is -2.45. The SMILES string of the molecule is CCn1ncc(OC)c1C(=O)C1(CN)CCC1. The minimum absolute atomic E-state index is 0.0856. The molecule has 1 aromatic rings. The molecule has 0 bridgehead atoms. The van der Waals surface area contributed by atoms with Gasteiger partial charge in [-0.2, -0.15) is 5.10 Å². The molecule has 0 spiro atoms. The summed E-state index contributed by atoms with van der Waals surface area (Å²) in [5.74, 6) is 0.638. The highest BCUT2D eigenvalue weighted by Crippen LogP contribution is 2.43. The van der Waals surface area contributed by atoms with Crippen LogP contribution in [0.5, 0.6) is 5.75 Å². The first-order valence-corrected chi connectivity index (χ1v) is 6.03. The number of rotatable bonds is 5. The fourth-order valence-corrected chi connectivity index (χ4v) is 2.37. The van der Waals surface area contributed by atoms with Crippen molar-refractivity contribution in [2.45, 2.75) is 32.7 Å². The van der Waals surface area contributed by atoms with Crippen LogP contribution in [0.4, 0.5) is 0 Å². The second-order valence-electron chi connectivity index (χ2n) is 4.54. The molecule has 2 rings (SSSR count). The van der Waals surface area contributed by atoms with Gasteiger partial charge < -0.3 is 10.5 Å². The standard InChI is InChI=1S/C12H19N3O2/c1-3-15-10(9(17-2)7-14-15)11(16)12(8-13)5-4-6-12/h7H,3-6,8,13H2,1-2H3. The average molecular weight is 237 g/mol. The zero-order valence-electron chi connectivity index (χ0n) is 10.4. The van der Waals surface area contributed by atoms with Gasteiger partial charge in [0.2, 0.25) is 0 Å². The largest absolute Gasteiger partial charge is 0.493 e. The summed E-state index contributed by atoms with van der Waals surface area (Å²) in [6.07, 6.45) is 4.42. The van der Waals surface area contributed by atoms with Gasteiger partial charge in [0, 0.05) is 18.5 Å². The van der Waals surface area contributed by atoms with Crippen LogP contribution in [0, 0.1) is 5.41 Å². The molecule has 5 nitrogen and oxygen atoms in total. The summed E-state index contributed by atoms with van der Waals surface area (Å²) in [4.78, 5) is 12.6. The minimum atomic E-state index is -0.375. The Morgan fingerprint density at radius 1 is 1.65 bits per heavy atom. The molecule has 1 aliphatic carbocycles. The van der Waals surface area contributed by atoms with Crippen LogP contribution in [0.15, 0.2) is 6.20 Å². The van der Waals surface area contributed by atoms with Crippen molar-refractivity contribution in [3.05, 3.63) is 11.9 Å². The number of hydrogen-bond donors (Lipinski definition) is 1. The van der Waals surface area contributed by atoms with Crippen molar-refractivity contribution in [1.29, 1.82) is 0 Å². The highest BCUT2D eigenvalue weighted by Gasteiger charge is 2.45. The Hall–Kier alpha value is -1.36. The smallest absolute Gasteiger partial charge is 0.192 e. The number of ether oxygens (including phenoxy) is 1. The van der Waals surface area contributed by atoms with Gasteiger partial charge in [0.25, 0.3) is 0 Å². The van der Waals surface area contributed by atoms with E-state index in [1.807, 2.05) is 6.92 Å². The molecule has 1 aromatic heterocycles. The molecule has 1 aliphatic rings. The fraction of sp³-hybridized carbons (Fsp3) is 0.667. The number of aryl methyl sites for hydroxylation is 1. The summed E-state index contributed by atoms with van der Waals surface area (Å²) in [5, 5.41) is 4.16. The summed E-state index contributed by atoms with van der Waals surface area (Å²) in [6.45, 7) is 3.02. The van der Waals surface area contributed by atoms with E-state index in [0.717, 1.165) is 19.3 Å². The fourth-order valence-electron chi connectivity index (χ4n) is 2.37. The van der Waals surface area contributed by atoms with Crippen molar-refractivity contribution in [2.75, 3.05) is 13.7 Å². The second-order valence-corrected chi connectivity index (χ2v) is 4.54. The first-order chi connectivity index (χ1) is 8.18. The van der Waals surface area contributed by atoms with E-state index >= 15 is 0 Å². The van der Waals surface area contributed by atoms with Crippen LogP contribution in [-0.2, 0) is 6.54 Å². The number of carbonyl (C=O) groups excluding carboxylic acids is 1. The highest BCUT2D eigenvalue weighted by atomic mass is 16.5. The molecule has 0 unspecified atom stereocenters. The van der Waals surface area contributed by atoms with Gasteiger partial charge in [-0.05, 0) is 19.8 Å². The minimum Gasteiger partial charge on any atom is -0.493 e. The lowest BCUT2D eigenvalue weighted by Gasteiger charge is -2.39. The molecule has 5 heteroatoms. The Morgan fingerprint density at radius 3 is 2.76 bits per heavy atom. The van der Waals surface area contributed by atoms with Crippen molar-refractivity contribution in [1.82, 2.24) is 9.78 Å². The van der Waals surface area contributed by atoms with Crippen LogP contribution in [0.2, 0.25) is 0 Å². The number of Topliss-reactive ketones (excluding diaryl/α,β-unsaturated/α-hetero) is 1. The van der Waals surface area contributed by atoms with Gasteiger partial charge in [-0.3, -0.25) is 9.48 Å². The quantitative estimate of drug-likeness (QED) is 0.782. The molecule has 1 fully saturated rings. The topological polar surface area (TPSA) is 70.1 Å². The molecule has 1 heterocycles.